The zero-order valence-electron chi connectivity index (χ0n) is 14.7. The largest absolute Gasteiger partial charge is 0.444 e. The Hall–Kier alpha value is -2.37. The van der Waals surface area contributed by atoms with Crippen LogP contribution in [0.1, 0.15) is 44.7 Å². The molecule has 0 spiro atoms. The molecule has 1 aliphatic rings. The first kappa shape index (κ1) is 18.0. The van der Waals surface area contributed by atoms with E-state index in [1.165, 1.54) is 11.6 Å². The number of hydrogen-bond acceptors (Lipinski definition) is 4. The van der Waals surface area contributed by atoms with Crippen molar-refractivity contribution < 1.29 is 14.5 Å². The first-order valence-electron chi connectivity index (χ1n) is 8.09. The Balaban J connectivity index is 2.05. The zero-order valence-corrected chi connectivity index (χ0v) is 14.7. The van der Waals surface area contributed by atoms with Gasteiger partial charge in [-0.15, -0.1) is 0 Å². The van der Waals surface area contributed by atoms with E-state index in [2.05, 4.69) is 0 Å². The molecule has 24 heavy (non-hydrogen) atoms. The Bertz CT molecular complexity index is 664. The second-order valence-corrected chi connectivity index (χ2v) is 7.02. The number of carbonyl (C=O) groups is 1. The minimum absolute atomic E-state index is 0.135. The summed E-state index contributed by atoms with van der Waals surface area (Å²) < 4.78 is 5.38. The van der Waals surface area contributed by atoms with Crippen molar-refractivity contribution in [1.29, 1.82) is 0 Å². The van der Waals surface area contributed by atoms with Crippen LogP contribution in [0.2, 0.25) is 0 Å². The lowest BCUT2D eigenvalue weighted by Gasteiger charge is -2.31. The first-order valence-corrected chi connectivity index (χ1v) is 8.09. The third-order valence-corrected chi connectivity index (χ3v) is 3.96. The second-order valence-electron chi connectivity index (χ2n) is 7.02. The molecule has 0 atom stereocenters. The molecule has 1 saturated heterocycles. The minimum atomic E-state index is -0.493. The second kappa shape index (κ2) is 7.03. The van der Waals surface area contributed by atoms with Crippen molar-refractivity contribution in [3.05, 3.63) is 45.0 Å². The van der Waals surface area contributed by atoms with E-state index in [9.17, 15) is 14.9 Å². The highest BCUT2D eigenvalue weighted by Crippen LogP contribution is 2.26. The first-order chi connectivity index (χ1) is 11.2. The lowest BCUT2D eigenvalue weighted by atomic mass is 9.98. The molecule has 6 nitrogen and oxygen atoms in total. The number of benzene rings is 1. The van der Waals surface area contributed by atoms with Crippen LogP contribution in [0.5, 0.6) is 0 Å². The van der Waals surface area contributed by atoms with Gasteiger partial charge in [0.25, 0.3) is 5.69 Å². The Kier molecular flexibility index (Phi) is 5.26. The summed E-state index contributed by atoms with van der Waals surface area (Å²) in [6, 6.07) is 5.10. The summed E-state index contributed by atoms with van der Waals surface area (Å²) in [6.45, 7) is 8.53. The number of ether oxygens (including phenoxy) is 1. The van der Waals surface area contributed by atoms with Gasteiger partial charge < -0.3 is 9.64 Å². The average Bonchev–Trinajstić information content (AvgIpc) is 2.48. The molecule has 0 bridgehead atoms. The van der Waals surface area contributed by atoms with Crippen LogP contribution in [-0.2, 0) is 4.74 Å². The third-order valence-electron chi connectivity index (χ3n) is 3.96. The quantitative estimate of drug-likeness (QED) is 0.597. The molecule has 130 valence electrons. The SMILES string of the molecule is Cc1c(C=C2CCN(C(=O)OC(C)(C)C)CC2)cccc1[N+](=O)[O-]. The highest BCUT2D eigenvalue weighted by atomic mass is 16.6. The van der Waals surface area contributed by atoms with Crippen LogP contribution < -0.4 is 0 Å². The molecule has 0 radical (unpaired) electrons. The molecule has 1 aliphatic heterocycles. The number of likely N-dealkylation sites (tertiary alicyclic amines) is 1. The predicted octanol–water partition coefficient (Wildman–Crippen LogP) is 4.32. The van der Waals surface area contributed by atoms with Crippen LogP contribution in [0, 0.1) is 17.0 Å². The molecule has 0 unspecified atom stereocenters. The van der Waals surface area contributed by atoms with E-state index in [4.69, 9.17) is 4.74 Å². The van der Waals surface area contributed by atoms with Gasteiger partial charge in [-0.3, -0.25) is 10.1 Å². The van der Waals surface area contributed by atoms with E-state index in [-0.39, 0.29) is 16.7 Å². The van der Waals surface area contributed by atoms with Gasteiger partial charge in [0.2, 0.25) is 0 Å². The molecule has 0 N–H and O–H groups in total. The standard InChI is InChI=1S/C18H24N2O4/c1-13-15(6-5-7-16(13)20(22)23)12-14-8-10-19(11-9-14)17(21)24-18(2,3)4/h5-7,12H,8-11H2,1-4H3. The normalized spacial score (nSPS) is 15.2. The number of nitro benzene ring substituents is 1. The van der Waals surface area contributed by atoms with Crippen LogP contribution in [-0.4, -0.2) is 34.6 Å². The number of nitro groups is 1. The van der Waals surface area contributed by atoms with Gasteiger partial charge >= 0.3 is 6.09 Å². The van der Waals surface area contributed by atoms with Crippen LogP contribution in [0.3, 0.4) is 0 Å². The lowest BCUT2D eigenvalue weighted by Crippen LogP contribution is -2.40. The molecule has 1 fully saturated rings. The van der Waals surface area contributed by atoms with E-state index in [1.54, 1.807) is 17.9 Å². The predicted molar refractivity (Wildman–Crippen MR) is 92.9 cm³/mol. The van der Waals surface area contributed by atoms with Gasteiger partial charge in [-0.05, 0) is 46.1 Å². The number of carbonyl (C=O) groups excluding carboxylic acids is 1. The third kappa shape index (κ3) is 4.57. The molecule has 1 heterocycles. The van der Waals surface area contributed by atoms with E-state index < -0.39 is 5.60 Å². The summed E-state index contributed by atoms with van der Waals surface area (Å²) in [6.07, 6.45) is 3.23. The molecule has 1 aromatic carbocycles. The molecule has 1 aromatic rings. The Morgan fingerprint density at radius 1 is 1.29 bits per heavy atom. The van der Waals surface area contributed by atoms with Gasteiger partial charge in [0, 0.05) is 24.7 Å². The summed E-state index contributed by atoms with van der Waals surface area (Å²) in [4.78, 5) is 24.4. The molecule has 0 aromatic heterocycles. The zero-order chi connectivity index (χ0) is 17.9. The fraction of sp³-hybridized carbons (Fsp3) is 0.500. The Labute approximate surface area is 142 Å². The molecular weight excluding hydrogens is 308 g/mol. The fourth-order valence-corrected chi connectivity index (χ4v) is 2.66. The number of piperidine rings is 1. The van der Waals surface area contributed by atoms with Gasteiger partial charge in [0.15, 0.2) is 0 Å². The van der Waals surface area contributed by atoms with E-state index in [0.717, 1.165) is 18.4 Å². The highest BCUT2D eigenvalue weighted by Gasteiger charge is 2.24. The van der Waals surface area contributed by atoms with Crippen molar-refractivity contribution in [2.75, 3.05) is 13.1 Å². The summed E-state index contributed by atoms with van der Waals surface area (Å²) in [5.41, 5.74) is 2.37. The molecule has 0 aliphatic carbocycles. The number of rotatable bonds is 2. The van der Waals surface area contributed by atoms with Gasteiger partial charge in [0.1, 0.15) is 5.60 Å². The molecule has 6 heteroatoms. The van der Waals surface area contributed by atoms with E-state index in [0.29, 0.717) is 18.7 Å². The summed E-state index contributed by atoms with van der Waals surface area (Å²) >= 11 is 0. The van der Waals surface area contributed by atoms with Crippen molar-refractivity contribution in [3.63, 3.8) is 0 Å². The van der Waals surface area contributed by atoms with Crippen LogP contribution in [0.15, 0.2) is 23.8 Å². The Morgan fingerprint density at radius 3 is 2.46 bits per heavy atom. The number of hydrogen-bond donors (Lipinski definition) is 0. The summed E-state index contributed by atoms with van der Waals surface area (Å²) in [5.74, 6) is 0. The van der Waals surface area contributed by atoms with Crippen molar-refractivity contribution in [1.82, 2.24) is 4.90 Å². The fourth-order valence-electron chi connectivity index (χ4n) is 2.66. The van der Waals surface area contributed by atoms with Crippen LogP contribution in [0.4, 0.5) is 10.5 Å². The van der Waals surface area contributed by atoms with Crippen molar-refractivity contribution in [2.24, 2.45) is 0 Å². The lowest BCUT2D eigenvalue weighted by molar-refractivity contribution is -0.385. The van der Waals surface area contributed by atoms with Crippen LogP contribution in [0.25, 0.3) is 6.08 Å². The number of nitrogens with zero attached hydrogens (tertiary/aromatic N) is 2. The number of amides is 1. The molecule has 2 rings (SSSR count). The average molecular weight is 332 g/mol. The van der Waals surface area contributed by atoms with Gasteiger partial charge in [-0.25, -0.2) is 4.79 Å². The Morgan fingerprint density at radius 2 is 1.92 bits per heavy atom. The monoisotopic (exact) mass is 332 g/mol. The van der Waals surface area contributed by atoms with Crippen molar-refractivity contribution >= 4 is 17.9 Å². The summed E-state index contributed by atoms with van der Waals surface area (Å²) in [5, 5.41) is 11.0. The van der Waals surface area contributed by atoms with E-state index in [1.807, 2.05) is 32.9 Å². The van der Waals surface area contributed by atoms with Gasteiger partial charge in [-0.2, -0.15) is 0 Å². The minimum Gasteiger partial charge on any atom is -0.444 e. The van der Waals surface area contributed by atoms with Gasteiger partial charge in [0.05, 0.1) is 4.92 Å². The topological polar surface area (TPSA) is 72.7 Å². The summed E-state index contributed by atoms with van der Waals surface area (Å²) in [7, 11) is 0. The van der Waals surface area contributed by atoms with E-state index >= 15 is 0 Å². The highest BCUT2D eigenvalue weighted by molar-refractivity contribution is 5.69. The molecule has 0 saturated carbocycles. The maximum atomic E-state index is 12.1. The molecular formula is C18H24N2O4. The molecule has 1 amide bonds. The van der Waals surface area contributed by atoms with Crippen LogP contribution >= 0.6 is 0 Å². The van der Waals surface area contributed by atoms with Crippen molar-refractivity contribution in [3.8, 4) is 0 Å². The maximum absolute atomic E-state index is 12.1. The maximum Gasteiger partial charge on any atom is 0.410 e. The smallest absolute Gasteiger partial charge is 0.410 e. The van der Waals surface area contributed by atoms with Crippen molar-refractivity contribution in [2.45, 2.75) is 46.1 Å². The van der Waals surface area contributed by atoms with Gasteiger partial charge in [-0.1, -0.05) is 23.8 Å².